The predicted molar refractivity (Wildman–Crippen MR) is 99.0 cm³/mol. The molecule has 0 saturated heterocycles. The molecule has 2 aromatic rings. The van der Waals surface area contributed by atoms with Crippen LogP contribution in [0.15, 0.2) is 47.8 Å². The van der Waals surface area contributed by atoms with Gasteiger partial charge in [0.2, 0.25) is 0 Å². The maximum absolute atomic E-state index is 14.5. The van der Waals surface area contributed by atoms with Crippen molar-refractivity contribution in [2.45, 2.75) is 24.6 Å². The van der Waals surface area contributed by atoms with Gasteiger partial charge in [0.15, 0.2) is 0 Å². The van der Waals surface area contributed by atoms with Crippen LogP contribution in [0.25, 0.3) is 0 Å². The van der Waals surface area contributed by atoms with Crippen molar-refractivity contribution in [3.63, 3.8) is 0 Å². The van der Waals surface area contributed by atoms with Gasteiger partial charge in [-0.2, -0.15) is 36.3 Å². The second-order valence-electron chi connectivity index (χ2n) is 6.67. The molecular weight excluding hydrogens is 465 g/mol. The fourth-order valence-corrected chi connectivity index (χ4v) is 3.03. The minimum absolute atomic E-state index is 0.206. The monoisotopic (exact) mass is 478 g/mol. The lowest BCUT2D eigenvalue weighted by atomic mass is 9.91. The number of hydrazone groups is 1. The molecule has 0 saturated carbocycles. The van der Waals surface area contributed by atoms with Crippen LogP contribution in [-0.4, -0.2) is 47.8 Å². The summed E-state index contributed by atoms with van der Waals surface area (Å²) in [7, 11) is 0.904. The van der Waals surface area contributed by atoms with Gasteiger partial charge in [-0.05, 0) is 23.8 Å². The van der Waals surface area contributed by atoms with E-state index in [2.05, 4.69) is 14.8 Å². The summed E-state index contributed by atoms with van der Waals surface area (Å²) in [5.41, 5.74) is -7.84. The predicted octanol–water partition coefficient (Wildman–Crippen LogP) is 4.91. The van der Waals surface area contributed by atoms with Crippen molar-refractivity contribution in [3.05, 3.63) is 59.4 Å². The summed E-state index contributed by atoms with van der Waals surface area (Å²) in [6, 6.07) is 3.08. The molecule has 14 heteroatoms. The van der Waals surface area contributed by atoms with Gasteiger partial charge in [0.1, 0.15) is 0 Å². The van der Waals surface area contributed by atoms with Crippen LogP contribution < -0.4 is 4.90 Å². The third kappa shape index (κ3) is 4.19. The highest BCUT2D eigenvalue weighted by Crippen LogP contribution is 2.53. The summed E-state index contributed by atoms with van der Waals surface area (Å²) in [6.07, 6.45) is -10.0. The Morgan fingerprint density at radius 3 is 2.33 bits per heavy atom. The van der Waals surface area contributed by atoms with Crippen LogP contribution in [0.4, 0.5) is 46.0 Å². The van der Waals surface area contributed by atoms with Crippen molar-refractivity contribution >= 4 is 24.0 Å². The first-order chi connectivity index (χ1) is 15.3. The largest absolute Gasteiger partial charge is 0.452 e. The first-order valence-electron chi connectivity index (χ1n) is 8.90. The summed E-state index contributed by atoms with van der Waals surface area (Å²) in [6.45, 7) is -0.655. The highest BCUT2D eigenvalue weighted by molar-refractivity contribution is 6.13. The number of carbonyl (C=O) groups excluding carboxylic acids is 2. The Morgan fingerprint density at radius 2 is 1.79 bits per heavy atom. The molecular formula is C19H13F7N4O3. The fraction of sp³-hybridized carbons (Fsp3) is 0.263. The Hall–Kier alpha value is -3.71. The zero-order chi connectivity index (χ0) is 24.6. The second kappa shape index (κ2) is 8.33. The number of fused-ring (bicyclic) bond motifs is 1. The highest BCUT2D eigenvalue weighted by Gasteiger charge is 2.73. The van der Waals surface area contributed by atoms with E-state index in [4.69, 9.17) is 0 Å². The molecule has 3 amide bonds. The number of imide groups is 1. The van der Waals surface area contributed by atoms with Crippen molar-refractivity contribution in [3.8, 4) is 0 Å². The number of urea groups is 1. The van der Waals surface area contributed by atoms with Crippen LogP contribution >= 0.6 is 0 Å². The number of pyridine rings is 1. The molecule has 2 heterocycles. The first kappa shape index (κ1) is 23.9. The van der Waals surface area contributed by atoms with Gasteiger partial charge in [-0.3, -0.25) is 4.98 Å². The third-order valence-corrected chi connectivity index (χ3v) is 4.62. The molecule has 1 aromatic carbocycles. The van der Waals surface area contributed by atoms with Gasteiger partial charge in [0.05, 0.1) is 25.6 Å². The average Bonchev–Trinajstić information content (AvgIpc) is 2.75. The number of halogens is 7. The van der Waals surface area contributed by atoms with Crippen LogP contribution in [-0.2, 0) is 17.0 Å². The average molecular weight is 478 g/mol. The Labute approximate surface area is 181 Å². The van der Waals surface area contributed by atoms with Gasteiger partial charge >= 0.3 is 30.1 Å². The normalized spacial score (nSPS) is 15.1. The molecule has 1 aromatic heterocycles. The number of carbonyl (C=O) groups is 2. The molecule has 0 unspecified atom stereocenters. The van der Waals surface area contributed by atoms with E-state index >= 15 is 0 Å². The van der Waals surface area contributed by atoms with Gasteiger partial charge in [-0.15, -0.1) is 0 Å². The Balaban J connectivity index is 2.11. The Bertz CT molecular complexity index is 1070. The third-order valence-electron chi connectivity index (χ3n) is 4.62. The quantitative estimate of drug-likeness (QED) is 0.464. The minimum atomic E-state index is -6.33. The number of hydrogen-bond acceptors (Lipinski definition) is 5. The molecule has 3 rings (SSSR count). The second-order valence-corrected chi connectivity index (χ2v) is 6.67. The number of aromatic nitrogens is 1. The smallest absolute Gasteiger partial charge is 0.435 e. The summed E-state index contributed by atoms with van der Waals surface area (Å²) >= 11 is 0. The van der Waals surface area contributed by atoms with Gasteiger partial charge in [-0.1, -0.05) is 12.1 Å². The zero-order valence-electron chi connectivity index (χ0n) is 16.5. The van der Waals surface area contributed by atoms with Crippen LogP contribution in [0.3, 0.4) is 0 Å². The van der Waals surface area contributed by atoms with Crippen molar-refractivity contribution < 1.29 is 45.1 Å². The number of rotatable bonds is 3. The van der Waals surface area contributed by atoms with Gasteiger partial charge in [-0.25, -0.2) is 19.0 Å². The molecule has 7 nitrogen and oxygen atoms in total. The van der Waals surface area contributed by atoms with Gasteiger partial charge < -0.3 is 4.74 Å². The molecule has 33 heavy (non-hydrogen) atoms. The number of nitrogens with zero attached hydrogens (tertiary/aromatic N) is 4. The van der Waals surface area contributed by atoms with E-state index in [0.717, 1.165) is 13.3 Å². The topological polar surface area (TPSA) is 75.1 Å². The van der Waals surface area contributed by atoms with E-state index in [1.54, 1.807) is 6.07 Å². The molecule has 176 valence electrons. The molecule has 0 spiro atoms. The fourth-order valence-electron chi connectivity index (χ4n) is 3.03. The molecule has 1 aliphatic heterocycles. The maximum atomic E-state index is 14.5. The lowest BCUT2D eigenvalue weighted by Crippen LogP contribution is -2.51. The number of amides is 3. The lowest BCUT2D eigenvalue weighted by Gasteiger charge is -2.34. The molecule has 1 aliphatic rings. The number of benzene rings is 1. The van der Waals surface area contributed by atoms with E-state index < -0.39 is 47.8 Å². The molecule has 0 aliphatic carbocycles. The van der Waals surface area contributed by atoms with Crippen molar-refractivity contribution in [2.75, 3.05) is 12.0 Å². The summed E-state index contributed by atoms with van der Waals surface area (Å²) < 4.78 is 97.9. The standard InChI is InChI=1S/C19H13F7N4O3/c1-33-16(32)30-14-5-4-13(17(20,18(21,22)23)19(24,25)26)7-12(14)10-29(15(30)31)28-9-11-3-2-6-27-8-11/h2-9H,10H2,1H3/b28-9+. The first-order valence-corrected chi connectivity index (χ1v) is 8.90. The summed E-state index contributed by atoms with van der Waals surface area (Å²) in [4.78, 5) is 29.0. The number of methoxy groups -OCH3 is 1. The van der Waals surface area contributed by atoms with Crippen LogP contribution in [0, 0.1) is 0 Å². The van der Waals surface area contributed by atoms with E-state index in [9.17, 15) is 40.3 Å². The van der Waals surface area contributed by atoms with Crippen molar-refractivity contribution in [1.82, 2.24) is 9.99 Å². The van der Waals surface area contributed by atoms with Gasteiger partial charge in [0.25, 0.3) is 0 Å². The number of ether oxygens (including phenoxy) is 1. The Morgan fingerprint density at radius 1 is 1.12 bits per heavy atom. The van der Waals surface area contributed by atoms with Crippen molar-refractivity contribution in [1.29, 1.82) is 0 Å². The minimum Gasteiger partial charge on any atom is -0.452 e. The lowest BCUT2D eigenvalue weighted by molar-refractivity contribution is -0.348. The number of alkyl halides is 7. The molecule has 0 bridgehead atoms. The van der Waals surface area contributed by atoms with Gasteiger partial charge in [0, 0.05) is 23.5 Å². The summed E-state index contributed by atoms with van der Waals surface area (Å²) in [5, 5.41) is 4.42. The van der Waals surface area contributed by atoms with Crippen molar-refractivity contribution in [2.24, 2.45) is 5.10 Å². The summed E-state index contributed by atoms with van der Waals surface area (Å²) in [5.74, 6) is 0. The van der Waals surface area contributed by atoms with E-state index in [-0.39, 0.29) is 17.8 Å². The molecule has 0 atom stereocenters. The van der Waals surface area contributed by atoms with Crippen LogP contribution in [0.5, 0.6) is 0 Å². The molecule has 0 N–H and O–H groups in total. The van der Waals surface area contributed by atoms with E-state index in [1.807, 2.05) is 0 Å². The maximum Gasteiger partial charge on any atom is 0.435 e. The molecule has 0 fully saturated rings. The Kier molecular flexibility index (Phi) is 6.04. The number of hydrogen-bond donors (Lipinski definition) is 0. The molecule has 0 radical (unpaired) electrons. The van der Waals surface area contributed by atoms with E-state index in [1.165, 1.54) is 18.5 Å². The van der Waals surface area contributed by atoms with Crippen LogP contribution in [0.1, 0.15) is 16.7 Å². The highest BCUT2D eigenvalue weighted by atomic mass is 19.4. The zero-order valence-corrected chi connectivity index (χ0v) is 16.5. The van der Waals surface area contributed by atoms with Crippen LogP contribution in [0.2, 0.25) is 0 Å². The SMILES string of the molecule is COC(=O)N1C(=O)N(/N=C/c2cccnc2)Cc2cc(C(F)(C(F)(F)F)C(F)(F)F)ccc21. The van der Waals surface area contributed by atoms with E-state index in [0.29, 0.717) is 21.5 Å². The number of anilines is 1.